The molecule has 6 aliphatic rings. The fourth-order valence-corrected chi connectivity index (χ4v) is 10.7. The Morgan fingerprint density at radius 1 is 0.712 bits per heavy atom. The van der Waals surface area contributed by atoms with Crippen molar-refractivity contribution in [3.8, 4) is 11.5 Å². The minimum Gasteiger partial charge on any atom is -1.00 e. The number of fused-ring (bicyclic) bond motifs is 6. The number of phosphoric acid groups is 1. The number of phenols is 1. The molecule has 0 aliphatic heterocycles. The first-order chi connectivity index (χ1) is 24.2. The van der Waals surface area contributed by atoms with Crippen LogP contribution in [-0.2, 0) is 14.0 Å². The van der Waals surface area contributed by atoms with Crippen molar-refractivity contribution in [3.63, 3.8) is 0 Å². The molecule has 2 N–H and O–H groups in total. The van der Waals surface area contributed by atoms with E-state index in [4.69, 9.17) is 14.4 Å². The van der Waals surface area contributed by atoms with Crippen LogP contribution in [0.5, 0.6) is 11.5 Å². The van der Waals surface area contributed by atoms with Crippen molar-refractivity contribution in [1.29, 1.82) is 0 Å². The number of ether oxygens (including phenoxy) is 2. The molecule has 0 heterocycles. The molecular formula is C42H53Na2O7P. The van der Waals surface area contributed by atoms with Crippen molar-refractivity contribution in [3.05, 3.63) is 93.1 Å². The number of hydrogen-bond donors (Lipinski definition) is 2. The topological polar surface area (TPSA) is 108 Å². The normalized spacial score (nSPS) is 27.8. The van der Waals surface area contributed by atoms with Crippen LogP contribution in [0.2, 0.25) is 0 Å². The second-order valence-electron chi connectivity index (χ2n) is 15.1. The first-order valence-electron chi connectivity index (χ1n) is 18.8. The molecule has 5 unspecified atom stereocenters. The van der Waals surface area contributed by atoms with Crippen LogP contribution in [-0.4, -0.2) is 24.2 Å². The third kappa shape index (κ3) is 9.23. The molecule has 270 valence electrons. The van der Waals surface area contributed by atoms with E-state index in [2.05, 4.69) is 10.6 Å². The molecule has 7 nitrogen and oxygen atoms in total. The van der Waals surface area contributed by atoms with Gasteiger partial charge in [0.25, 0.3) is 0 Å². The predicted molar refractivity (Wildman–Crippen MR) is 196 cm³/mol. The van der Waals surface area contributed by atoms with E-state index in [0.717, 1.165) is 29.1 Å². The zero-order chi connectivity index (χ0) is 34.8. The van der Waals surface area contributed by atoms with Gasteiger partial charge >= 0.3 is 66.9 Å². The van der Waals surface area contributed by atoms with Gasteiger partial charge in [0.15, 0.2) is 0 Å². The van der Waals surface area contributed by atoms with Crippen molar-refractivity contribution in [2.24, 2.45) is 23.7 Å². The summed E-state index contributed by atoms with van der Waals surface area (Å²) >= 11 is 0. The van der Waals surface area contributed by atoms with Crippen LogP contribution >= 0.6 is 7.82 Å². The van der Waals surface area contributed by atoms with Gasteiger partial charge in [0.2, 0.25) is 0 Å². The Labute approximate surface area is 355 Å². The van der Waals surface area contributed by atoms with Crippen LogP contribution < -0.4 is 68.5 Å². The van der Waals surface area contributed by atoms with Gasteiger partial charge in [-0.25, -0.2) is 0 Å². The van der Waals surface area contributed by atoms with Crippen molar-refractivity contribution in [1.82, 2.24) is 0 Å². The molecule has 0 spiro atoms. The average molecular weight is 747 g/mol. The fraction of sp³-hybridized carbons (Fsp3) is 0.524. The first kappa shape index (κ1) is 41.9. The van der Waals surface area contributed by atoms with E-state index < -0.39 is 7.82 Å². The largest absolute Gasteiger partial charge is 1.00 e. The number of methoxy groups -OCH3 is 2. The molecule has 2 fully saturated rings. The Bertz CT molecular complexity index is 1780. The van der Waals surface area contributed by atoms with Crippen molar-refractivity contribution in [2.75, 3.05) is 14.2 Å². The van der Waals surface area contributed by atoms with E-state index in [0.29, 0.717) is 29.4 Å². The molecule has 4 bridgehead atoms. The molecule has 2 aromatic carbocycles. The number of aromatic hydroxyl groups is 1. The SMILES string of the molecule is CO/C(=C1\C2CCCC1C1=C(CCCC1)C2)c1cccc(O)c1.CO/C(=C1\C2CCCC1C1=C(CCCC1)C2)c1cccc(OP(=O)([O-])O)c1.[H-].[Na+].[Na+]. The second kappa shape index (κ2) is 18.6. The van der Waals surface area contributed by atoms with E-state index >= 15 is 0 Å². The van der Waals surface area contributed by atoms with Crippen LogP contribution in [0, 0.1) is 23.7 Å². The molecule has 8 rings (SSSR count). The number of rotatable bonds is 6. The number of benzene rings is 2. The Morgan fingerprint density at radius 3 is 1.67 bits per heavy atom. The van der Waals surface area contributed by atoms with Gasteiger partial charge in [-0.2, -0.15) is 0 Å². The Kier molecular flexibility index (Phi) is 15.0. The van der Waals surface area contributed by atoms with Crippen molar-refractivity contribution < 1.29 is 94.0 Å². The molecule has 0 radical (unpaired) electrons. The Morgan fingerprint density at radius 2 is 1.19 bits per heavy atom. The van der Waals surface area contributed by atoms with Crippen LogP contribution in [0.4, 0.5) is 0 Å². The molecule has 2 saturated carbocycles. The van der Waals surface area contributed by atoms with Gasteiger partial charge in [0, 0.05) is 23.0 Å². The van der Waals surface area contributed by atoms with E-state index in [-0.39, 0.29) is 66.3 Å². The smallest absolute Gasteiger partial charge is 1.00 e. The molecule has 0 aromatic heterocycles. The van der Waals surface area contributed by atoms with Gasteiger partial charge in [0.05, 0.1) is 14.2 Å². The molecule has 5 atom stereocenters. The summed E-state index contributed by atoms with van der Waals surface area (Å²) in [6.45, 7) is 0. The summed E-state index contributed by atoms with van der Waals surface area (Å²) in [5, 5.41) is 9.86. The van der Waals surface area contributed by atoms with Crippen LogP contribution in [0.15, 0.2) is 82.0 Å². The Balaban J connectivity index is 0.000000226. The van der Waals surface area contributed by atoms with Crippen molar-refractivity contribution in [2.45, 2.75) is 103 Å². The Hall–Kier alpha value is -1.25. The third-order valence-corrected chi connectivity index (χ3v) is 12.6. The third-order valence-electron chi connectivity index (χ3n) is 12.2. The standard InChI is InChI=1S/C21H27O5P.C21H26O2.2Na.H/c1-25-21(16-8-4-9-17(13-16)26-27(22,23)24)20-15-7-5-11-19(20)18-10-3-2-6-14(18)12-15;1-23-21(16-8-4-9-17(22)13-16)20-15-7-5-11-19(20)18-10-3-2-6-14(18)12-15;;;/h4,8-9,13,15,19H,2-3,5-7,10-12H2,1H3,(H2,22,23,24);4,8-9,13,15,19,22H,2-3,5-7,10-12H2,1H3;;;/q;;2*+1;-1/p-1/b2*21-20+;;;. The number of phenolic OH excluding ortho intramolecular Hbond substituents is 1. The van der Waals surface area contributed by atoms with Crippen LogP contribution in [0.1, 0.15) is 115 Å². The summed E-state index contributed by atoms with van der Waals surface area (Å²) in [5.41, 5.74) is 11.5. The maximum Gasteiger partial charge on any atom is 1.00 e. The van der Waals surface area contributed by atoms with Gasteiger partial charge in [-0.1, -0.05) is 59.4 Å². The maximum absolute atomic E-state index is 11.1. The van der Waals surface area contributed by atoms with E-state index in [1.165, 1.54) is 114 Å². The molecule has 0 amide bonds. The van der Waals surface area contributed by atoms with Crippen molar-refractivity contribution >= 4 is 19.3 Å². The molecular weight excluding hydrogens is 693 g/mol. The second-order valence-corrected chi connectivity index (χ2v) is 16.2. The minimum atomic E-state index is -4.83. The minimum absolute atomic E-state index is 0. The van der Waals surface area contributed by atoms with E-state index in [9.17, 15) is 14.6 Å². The average Bonchev–Trinajstić information content (AvgIpc) is 3.09. The van der Waals surface area contributed by atoms with Gasteiger partial charge in [0.1, 0.15) is 23.0 Å². The summed E-state index contributed by atoms with van der Waals surface area (Å²) in [6.07, 6.45) is 20.2. The van der Waals surface area contributed by atoms with Crippen LogP contribution in [0.3, 0.4) is 0 Å². The van der Waals surface area contributed by atoms with Crippen LogP contribution in [0.25, 0.3) is 11.5 Å². The number of phosphoric ester groups is 1. The monoisotopic (exact) mass is 746 g/mol. The van der Waals surface area contributed by atoms with Gasteiger partial charge in [-0.05, 0) is 137 Å². The first-order valence-corrected chi connectivity index (χ1v) is 20.3. The summed E-state index contributed by atoms with van der Waals surface area (Å²) in [5.74, 6) is 4.47. The number of hydrogen-bond acceptors (Lipinski definition) is 6. The van der Waals surface area contributed by atoms with Gasteiger partial charge in [-0.15, -0.1) is 0 Å². The molecule has 2 aromatic rings. The molecule has 10 heteroatoms. The molecule has 0 saturated heterocycles. The van der Waals surface area contributed by atoms with Gasteiger partial charge in [-0.3, -0.25) is 4.57 Å². The van der Waals surface area contributed by atoms with E-state index in [1.807, 2.05) is 18.2 Å². The summed E-state index contributed by atoms with van der Waals surface area (Å²) in [7, 11) is -1.37. The molecule has 52 heavy (non-hydrogen) atoms. The number of allylic oxidation sites excluding steroid dienone is 6. The zero-order valence-electron chi connectivity index (χ0n) is 32.6. The molecule has 6 aliphatic carbocycles. The predicted octanol–water partition coefficient (Wildman–Crippen LogP) is 4.14. The maximum atomic E-state index is 11.1. The zero-order valence-corrected chi connectivity index (χ0v) is 36.5. The fourth-order valence-electron chi connectivity index (χ4n) is 10.3. The summed E-state index contributed by atoms with van der Waals surface area (Å²) in [4.78, 5) is 20.1. The summed E-state index contributed by atoms with van der Waals surface area (Å²) in [6, 6.07) is 14.3. The quantitative estimate of drug-likeness (QED) is 0.198. The summed E-state index contributed by atoms with van der Waals surface area (Å²) < 4.78 is 27.5. The van der Waals surface area contributed by atoms with E-state index in [1.54, 1.807) is 54.7 Å². The van der Waals surface area contributed by atoms with Gasteiger partial charge < -0.3 is 30.3 Å².